The summed E-state index contributed by atoms with van der Waals surface area (Å²) >= 11 is 0. The molecule has 13 nitrogen and oxygen atoms in total. The zero-order chi connectivity index (χ0) is 29.5. The van der Waals surface area contributed by atoms with Gasteiger partial charge >= 0.3 is 5.97 Å². The van der Waals surface area contributed by atoms with Crippen LogP contribution >= 0.6 is 0 Å². The number of piperidine rings is 2. The van der Waals surface area contributed by atoms with Crippen molar-refractivity contribution in [3.63, 3.8) is 0 Å². The van der Waals surface area contributed by atoms with Crippen LogP contribution in [0.4, 0.5) is 15.9 Å². The van der Waals surface area contributed by atoms with Gasteiger partial charge in [-0.1, -0.05) is 0 Å². The second kappa shape index (κ2) is 11.1. The Kier molecular flexibility index (Phi) is 7.31. The van der Waals surface area contributed by atoms with Crippen molar-refractivity contribution < 1.29 is 33.5 Å². The SMILES string of the molecule is O=C1CCC(N2C(=O)c3cc(F)c(N4CCN(CC5CCN(c6ccc(C(=O)O)nn6)CC5)CC4)cc3C2=O)C(=O)N1. The van der Waals surface area contributed by atoms with Crippen LogP contribution in [0.1, 0.15) is 56.9 Å². The van der Waals surface area contributed by atoms with Crippen molar-refractivity contribution >= 4 is 41.1 Å². The third-order valence-corrected chi connectivity index (χ3v) is 8.54. The number of benzene rings is 1. The van der Waals surface area contributed by atoms with Gasteiger partial charge in [-0.3, -0.25) is 34.3 Å². The number of rotatable bonds is 6. The molecule has 1 aromatic heterocycles. The molecule has 0 spiro atoms. The van der Waals surface area contributed by atoms with E-state index in [1.165, 1.54) is 12.1 Å². The van der Waals surface area contributed by atoms with Crippen LogP contribution in [0.2, 0.25) is 0 Å². The molecule has 0 saturated carbocycles. The number of aromatic nitrogens is 2. The van der Waals surface area contributed by atoms with Gasteiger partial charge in [-0.05, 0) is 49.4 Å². The molecule has 1 unspecified atom stereocenters. The van der Waals surface area contributed by atoms with E-state index < -0.39 is 41.5 Å². The summed E-state index contributed by atoms with van der Waals surface area (Å²) in [5.41, 5.74) is 0.169. The third-order valence-electron chi connectivity index (χ3n) is 8.54. The predicted molar refractivity (Wildman–Crippen MR) is 146 cm³/mol. The Bertz CT molecular complexity index is 1450. The maximum Gasteiger partial charge on any atom is 0.356 e. The molecule has 2 aromatic rings. The molecule has 3 saturated heterocycles. The average molecular weight is 580 g/mol. The lowest BCUT2D eigenvalue weighted by Gasteiger charge is -2.39. The highest BCUT2D eigenvalue weighted by molar-refractivity contribution is 6.23. The molecule has 0 aliphatic carbocycles. The molecule has 4 aliphatic heterocycles. The average Bonchev–Trinajstić information content (AvgIpc) is 3.22. The number of hydrogen-bond acceptors (Lipinski definition) is 10. The van der Waals surface area contributed by atoms with Gasteiger partial charge in [0.2, 0.25) is 11.8 Å². The minimum Gasteiger partial charge on any atom is -0.476 e. The van der Waals surface area contributed by atoms with E-state index in [9.17, 15) is 24.0 Å². The highest BCUT2D eigenvalue weighted by Gasteiger charge is 2.45. The predicted octanol–water partition coefficient (Wildman–Crippen LogP) is 0.754. The fourth-order valence-electron chi connectivity index (χ4n) is 6.21. The number of carboxylic acid groups (broad SMARTS) is 1. The number of amides is 4. The van der Waals surface area contributed by atoms with E-state index >= 15 is 4.39 Å². The third kappa shape index (κ3) is 5.17. The summed E-state index contributed by atoms with van der Waals surface area (Å²) in [6.45, 7) is 5.05. The van der Waals surface area contributed by atoms with Crippen molar-refractivity contribution in [3.8, 4) is 0 Å². The number of carboxylic acids is 1. The van der Waals surface area contributed by atoms with Gasteiger partial charge in [-0.15, -0.1) is 10.2 Å². The zero-order valence-corrected chi connectivity index (χ0v) is 22.8. The highest BCUT2D eigenvalue weighted by atomic mass is 19.1. The Morgan fingerprint density at radius 3 is 2.21 bits per heavy atom. The van der Waals surface area contributed by atoms with Gasteiger partial charge in [0.25, 0.3) is 11.8 Å². The number of carbonyl (C=O) groups is 5. The Hall–Kier alpha value is -4.46. The van der Waals surface area contributed by atoms with Crippen LogP contribution in [0.5, 0.6) is 0 Å². The van der Waals surface area contributed by atoms with Gasteiger partial charge < -0.3 is 14.9 Å². The van der Waals surface area contributed by atoms with Crippen LogP contribution in [0.3, 0.4) is 0 Å². The molecule has 4 amide bonds. The summed E-state index contributed by atoms with van der Waals surface area (Å²) < 4.78 is 15.2. The van der Waals surface area contributed by atoms with E-state index in [1.54, 1.807) is 6.07 Å². The van der Waals surface area contributed by atoms with E-state index in [2.05, 4.69) is 25.3 Å². The van der Waals surface area contributed by atoms with E-state index in [1.807, 2.05) is 4.90 Å². The maximum atomic E-state index is 15.2. The largest absolute Gasteiger partial charge is 0.476 e. The van der Waals surface area contributed by atoms with Gasteiger partial charge in [0, 0.05) is 52.2 Å². The molecule has 42 heavy (non-hydrogen) atoms. The van der Waals surface area contributed by atoms with E-state index in [0.717, 1.165) is 43.4 Å². The molecule has 0 bridgehead atoms. The van der Waals surface area contributed by atoms with Crippen LogP contribution in [0, 0.1) is 11.7 Å². The molecule has 0 radical (unpaired) electrons. The Labute approximate surface area is 240 Å². The number of imide groups is 2. The van der Waals surface area contributed by atoms with Crippen molar-refractivity contribution in [3.05, 3.63) is 46.9 Å². The summed E-state index contributed by atoms with van der Waals surface area (Å²) in [4.78, 5) is 68.1. The summed E-state index contributed by atoms with van der Waals surface area (Å²) in [5, 5.41) is 19.0. The fourth-order valence-corrected chi connectivity index (χ4v) is 6.21. The summed E-state index contributed by atoms with van der Waals surface area (Å²) in [7, 11) is 0. The van der Waals surface area contributed by atoms with Crippen LogP contribution in [-0.2, 0) is 9.59 Å². The molecule has 3 fully saturated rings. The van der Waals surface area contributed by atoms with Crippen molar-refractivity contribution in [1.29, 1.82) is 0 Å². The standard InChI is InChI=1S/C28H30FN7O6/c29-19-13-17-18(27(40)36(26(17)39)21-2-4-24(37)30-25(21)38)14-22(19)34-11-9-33(10-12-34)15-16-5-7-35(8-6-16)23-3-1-20(28(41)42)31-32-23/h1,3,13-14,16,21H,2,4-12,15H2,(H,41,42)(H,30,37,38). The quantitative estimate of drug-likeness (QED) is 0.466. The van der Waals surface area contributed by atoms with Crippen LogP contribution in [-0.4, -0.2) is 107 Å². The molecule has 2 N–H and O–H groups in total. The zero-order valence-electron chi connectivity index (χ0n) is 22.8. The Morgan fingerprint density at radius 2 is 1.60 bits per heavy atom. The van der Waals surface area contributed by atoms with Crippen molar-refractivity contribution in [2.75, 3.05) is 55.6 Å². The van der Waals surface area contributed by atoms with Gasteiger partial charge in [-0.25, -0.2) is 9.18 Å². The molecule has 6 rings (SSSR count). The number of piperazine rings is 1. The van der Waals surface area contributed by atoms with Crippen molar-refractivity contribution in [2.45, 2.75) is 31.7 Å². The topological polar surface area (TPSA) is 156 Å². The smallest absolute Gasteiger partial charge is 0.356 e. The van der Waals surface area contributed by atoms with Gasteiger partial charge in [0.1, 0.15) is 11.9 Å². The fraction of sp³-hybridized carbons (Fsp3) is 0.464. The number of halogens is 1. The number of carbonyl (C=O) groups excluding carboxylic acids is 4. The van der Waals surface area contributed by atoms with E-state index in [-0.39, 0.29) is 35.3 Å². The Morgan fingerprint density at radius 1 is 0.905 bits per heavy atom. The molecular weight excluding hydrogens is 549 g/mol. The van der Waals surface area contributed by atoms with Crippen LogP contribution in [0.15, 0.2) is 24.3 Å². The first kappa shape index (κ1) is 27.7. The molecule has 5 heterocycles. The lowest BCUT2D eigenvalue weighted by atomic mass is 9.96. The summed E-state index contributed by atoms with van der Waals surface area (Å²) in [6.07, 6.45) is 1.98. The molecular formula is C28H30FN7O6. The second-order valence-corrected chi connectivity index (χ2v) is 11.1. The number of nitrogens with one attached hydrogen (secondary N) is 1. The van der Waals surface area contributed by atoms with Gasteiger partial charge in [0.05, 0.1) is 16.8 Å². The molecule has 4 aliphatic rings. The monoisotopic (exact) mass is 579 g/mol. The highest BCUT2D eigenvalue weighted by Crippen LogP contribution is 2.33. The van der Waals surface area contributed by atoms with Crippen LogP contribution < -0.4 is 15.1 Å². The maximum absolute atomic E-state index is 15.2. The second-order valence-electron chi connectivity index (χ2n) is 11.1. The number of aromatic carboxylic acids is 1. The summed E-state index contributed by atoms with van der Waals surface area (Å²) in [5.74, 6) is -3.08. The lowest BCUT2D eigenvalue weighted by molar-refractivity contribution is -0.136. The summed E-state index contributed by atoms with van der Waals surface area (Å²) in [6, 6.07) is 4.54. The molecule has 1 atom stereocenters. The van der Waals surface area contributed by atoms with E-state index in [4.69, 9.17) is 5.11 Å². The minimum atomic E-state index is -1.10. The van der Waals surface area contributed by atoms with Gasteiger partial charge in [0.15, 0.2) is 11.5 Å². The van der Waals surface area contributed by atoms with Gasteiger partial charge in [-0.2, -0.15) is 0 Å². The number of hydrogen-bond donors (Lipinski definition) is 2. The minimum absolute atomic E-state index is 0.0177. The molecule has 220 valence electrons. The lowest BCUT2D eigenvalue weighted by Crippen LogP contribution is -2.54. The first-order valence-corrected chi connectivity index (χ1v) is 14.0. The number of anilines is 2. The van der Waals surface area contributed by atoms with Crippen molar-refractivity contribution in [2.24, 2.45) is 5.92 Å². The first-order chi connectivity index (χ1) is 20.2. The Balaban J connectivity index is 1.04. The first-order valence-electron chi connectivity index (χ1n) is 14.0. The number of nitrogens with zero attached hydrogens (tertiary/aromatic N) is 6. The molecule has 1 aromatic carbocycles. The van der Waals surface area contributed by atoms with Crippen LogP contribution in [0.25, 0.3) is 0 Å². The van der Waals surface area contributed by atoms with Crippen molar-refractivity contribution in [1.82, 2.24) is 25.3 Å². The van der Waals surface area contributed by atoms with E-state index in [0.29, 0.717) is 37.9 Å². The normalized spacial score (nSPS) is 22.0. The molecule has 14 heteroatoms. The number of fused-ring (bicyclic) bond motifs is 1.